The molecule has 1 atom stereocenters. The van der Waals surface area contributed by atoms with Crippen LogP contribution in [-0.2, 0) is 16.1 Å². The maximum Gasteiger partial charge on any atom is 0.0824 e. The summed E-state index contributed by atoms with van der Waals surface area (Å²) >= 11 is 0. The molecular formula is C16H20O2. The summed E-state index contributed by atoms with van der Waals surface area (Å²) in [6, 6.07) is 10.1. The normalized spacial score (nSPS) is 12.9. The lowest BCUT2D eigenvalue weighted by molar-refractivity contribution is 0.0740. The van der Waals surface area contributed by atoms with E-state index in [9.17, 15) is 0 Å². The first-order valence-electron chi connectivity index (χ1n) is 5.99. The van der Waals surface area contributed by atoms with Crippen LogP contribution in [0.3, 0.4) is 0 Å². The largest absolute Gasteiger partial charge is 0.504 e. The molecule has 1 aromatic carbocycles. The van der Waals surface area contributed by atoms with Crippen LogP contribution in [0.5, 0.6) is 0 Å². The third kappa shape index (κ3) is 6.06. The Morgan fingerprint density at radius 3 is 2.67 bits per heavy atom. The second-order valence-electron chi connectivity index (χ2n) is 3.81. The van der Waals surface area contributed by atoms with Crippen molar-refractivity contribution >= 4 is 0 Å². The van der Waals surface area contributed by atoms with E-state index in [1.807, 2.05) is 42.5 Å². The molecule has 2 heteroatoms. The second kappa shape index (κ2) is 9.25. The van der Waals surface area contributed by atoms with E-state index in [1.54, 1.807) is 13.4 Å². The summed E-state index contributed by atoms with van der Waals surface area (Å²) in [4.78, 5) is 0. The van der Waals surface area contributed by atoms with E-state index >= 15 is 0 Å². The molecule has 0 radical (unpaired) electrons. The molecule has 0 fully saturated rings. The highest BCUT2D eigenvalue weighted by atomic mass is 16.5. The lowest BCUT2D eigenvalue weighted by Gasteiger charge is -2.12. The first-order valence-corrected chi connectivity index (χ1v) is 5.99. The van der Waals surface area contributed by atoms with Gasteiger partial charge in [0.15, 0.2) is 0 Å². The molecule has 0 aromatic heterocycles. The van der Waals surface area contributed by atoms with Gasteiger partial charge >= 0.3 is 0 Å². The summed E-state index contributed by atoms with van der Waals surface area (Å²) in [5.41, 5.74) is 1.17. The monoisotopic (exact) mass is 244 g/mol. The van der Waals surface area contributed by atoms with E-state index in [0.29, 0.717) is 6.61 Å². The maximum absolute atomic E-state index is 5.82. The molecule has 0 saturated carbocycles. The minimum Gasteiger partial charge on any atom is -0.504 e. The molecule has 0 spiro atoms. The van der Waals surface area contributed by atoms with Crippen LogP contribution >= 0.6 is 0 Å². The summed E-state index contributed by atoms with van der Waals surface area (Å²) in [6.07, 6.45) is 10.1. The van der Waals surface area contributed by atoms with Crippen LogP contribution in [0.1, 0.15) is 12.0 Å². The van der Waals surface area contributed by atoms with Gasteiger partial charge < -0.3 is 9.47 Å². The summed E-state index contributed by atoms with van der Waals surface area (Å²) in [7, 11) is 1.62. The molecular weight excluding hydrogens is 224 g/mol. The summed E-state index contributed by atoms with van der Waals surface area (Å²) < 4.78 is 10.6. The van der Waals surface area contributed by atoms with E-state index < -0.39 is 0 Å². The van der Waals surface area contributed by atoms with Crippen LogP contribution in [0.25, 0.3) is 0 Å². The Hall–Kier alpha value is -1.80. The van der Waals surface area contributed by atoms with Crippen LogP contribution in [0.15, 0.2) is 67.5 Å². The Kier molecular flexibility index (Phi) is 7.33. The van der Waals surface area contributed by atoms with Gasteiger partial charge in [-0.3, -0.25) is 0 Å². The molecule has 2 nitrogen and oxygen atoms in total. The lowest BCUT2D eigenvalue weighted by atomic mass is 10.2. The van der Waals surface area contributed by atoms with Crippen molar-refractivity contribution in [2.45, 2.75) is 19.1 Å². The summed E-state index contributed by atoms with van der Waals surface area (Å²) in [6.45, 7) is 4.35. The van der Waals surface area contributed by atoms with Gasteiger partial charge in [0.05, 0.1) is 26.1 Å². The van der Waals surface area contributed by atoms with Gasteiger partial charge in [-0.1, -0.05) is 48.6 Å². The Balaban J connectivity index is 2.45. The first kappa shape index (κ1) is 14.3. The van der Waals surface area contributed by atoms with E-state index in [-0.39, 0.29) is 6.10 Å². The standard InChI is InChI=1S/C16H20O2/c1-3-9-16(12-7-8-13-17-2)18-14-15-10-5-4-6-11-15/h3-8,10-13,16H,1,9,14H2,2H3/b12-7-,13-8+/t16-/m0/s1. The number of hydrogen-bond donors (Lipinski definition) is 0. The average Bonchev–Trinajstić information content (AvgIpc) is 2.42. The van der Waals surface area contributed by atoms with E-state index in [2.05, 4.69) is 18.7 Å². The molecule has 18 heavy (non-hydrogen) atoms. The van der Waals surface area contributed by atoms with Crippen LogP contribution in [-0.4, -0.2) is 13.2 Å². The van der Waals surface area contributed by atoms with Crippen molar-refractivity contribution in [1.29, 1.82) is 0 Å². The van der Waals surface area contributed by atoms with Gasteiger partial charge in [-0.2, -0.15) is 0 Å². The number of allylic oxidation sites excluding steroid dienone is 2. The van der Waals surface area contributed by atoms with Crippen molar-refractivity contribution < 1.29 is 9.47 Å². The quantitative estimate of drug-likeness (QED) is 0.393. The smallest absolute Gasteiger partial charge is 0.0824 e. The third-order valence-electron chi connectivity index (χ3n) is 2.36. The zero-order valence-electron chi connectivity index (χ0n) is 10.8. The maximum atomic E-state index is 5.82. The van der Waals surface area contributed by atoms with Crippen LogP contribution < -0.4 is 0 Å². The molecule has 0 bridgehead atoms. The average molecular weight is 244 g/mol. The zero-order chi connectivity index (χ0) is 13.1. The van der Waals surface area contributed by atoms with E-state index in [1.165, 1.54) is 5.56 Å². The van der Waals surface area contributed by atoms with Crippen LogP contribution in [0, 0.1) is 0 Å². The highest BCUT2D eigenvalue weighted by Crippen LogP contribution is 2.07. The van der Waals surface area contributed by atoms with E-state index in [0.717, 1.165) is 6.42 Å². The second-order valence-corrected chi connectivity index (χ2v) is 3.81. The van der Waals surface area contributed by atoms with Crippen LogP contribution in [0.2, 0.25) is 0 Å². The number of hydrogen-bond acceptors (Lipinski definition) is 2. The zero-order valence-corrected chi connectivity index (χ0v) is 10.8. The molecule has 0 aliphatic carbocycles. The van der Waals surface area contributed by atoms with Gasteiger partial charge in [0.1, 0.15) is 0 Å². The van der Waals surface area contributed by atoms with Gasteiger partial charge in [-0.05, 0) is 18.1 Å². The van der Waals surface area contributed by atoms with Gasteiger partial charge in [0, 0.05) is 0 Å². The summed E-state index contributed by atoms with van der Waals surface area (Å²) in [5.74, 6) is 0. The number of methoxy groups -OCH3 is 1. The predicted octanol–water partition coefficient (Wildman–Crippen LogP) is 3.86. The van der Waals surface area contributed by atoms with E-state index in [4.69, 9.17) is 9.47 Å². The van der Waals surface area contributed by atoms with Crippen molar-refractivity contribution in [2.24, 2.45) is 0 Å². The molecule has 0 saturated heterocycles. The summed E-state index contributed by atoms with van der Waals surface area (Å²) in [5, 5.41) is 0. The van der Waals surface area contributed by atoms with Crippen molar-refractivity contribution in [2.75, 3.05) is 7.11 Å². The third-order valence-corrected chi connectivity index (χ3v) is 2.36. The highest BCUT2D eigenvalue weighted by Gasteiger charge is 2.02. The molecule has 0 unspecified atom stereocenters. The first-order chi connectivity index (χ1) is 8.86. The Labute approximate surface area is 109 Å². The molecule has 1 aromatic rings. The number of benzene rings is 1. The lowest BCUT2D eigenvalue weighted by Crippen LogP contribution is -2.08. The molecule has 1 rings (SSSR count). The predicted molar refractivity (Wildman–Crippen MR) is 75.1 cm³/mol. The fourth-order valence-corrected chi connectivity index (χ4v) is 1.46. The Morgan fingerprint density at radius 2 is 2.00 bits per heavy atom. The van der Waals surface area contributed by atoms with Gasteiger partial charge in [-0.25, -0.2) is 0 Å². The molecule has 0 heterocycles. The highest BCUT2D eigenvalue weighted by molar-refractivity contribution is 5.13. The molecule has 0 aliphatic heterocycles. The van der Waals surface area contributed by atoms with Gasteiger partial charge in [-0.15, -0.1) is 6.58 Å². The fraction of sp³-hybridized carbons (Fsp3) is 0.250. The van der Waals surface area contributed by atoms with Crippen molar-refractivity contribution in [3.05, 3.63) is 73.0 Å². The van der Waals surface area contributed by atoms with Crippen molar-refractivity contribution in [3.8, 4) is 0 Å². The van der Waals surface area contributed by atoms with Gasteiger partial charge in [0.2, 0.25) is 0 Å². The number of ether oxygens (including phenoxy) is 2. The molecule has 0 aliphatic rings. The Bertz CT molecular complexity index is 379. The topological polar surface area (TPSA) is 18.5 Å². The number of rotatable bonds is 8. The fourth-order valence-electron chi connectivity index (χ4n) is 1.46. The van der Waals surface area contributed by atoms with Crippen LogP contribution in [0.4, 0.5) is 0 Å². The minimum absolute atomic E-state index is 0.0456. The Morgan fingerprint density at radius 1 is 1.22 bits per heavy atom. The SMILES string of the molecule is C=CC[C@@H](/C=C\C=C\OC)OCc1ccccc1. The molecule has 0 amide bonds. The van der Waals surface area contributed by atoms with Crippen molar-refractivity contribution in [1.82, 2.24) is 0 Å². The van der Waals surface area contributed by atoms with Gasteiger partial charge in [0.25, 0.3) is 0 Å². The molecule has 96 valence electrons. The van der Waals surface area contributed by atoms with Crippen molar-refractivity contribution in [3.63, 3.8) is 0 Å². The minimum atomic E-state index is 0.0456. The molecule has 0 N–H and O–H groups in total.